The van der Waals surface area contributed by atoms with Crippen LogP contribution in [-0.2, 0) is 11.8 Å². The third-order valence-electron chi connectivity index (χ3n) is 3.31. The summed E-state index contributed by atoms with van der Waals surface area (Å²) in [6.45, 7) is 0. The van der Waals surface area contributed by atoms with Crippen LogP contribution in [0, 0.1) is 0 Å². The predicted octanol–water partition coefficient (Wildman–Crippen LogP) is 2.65. The van der Waals surface area contributed by atoms with Gasteiger partial charge in [0.1, 0.15) is 11.7 Å². The average molecular weight is 256 g/mol. The monoisotopic (exact) mass is 255 g/mol. The van der Waals surface area contributed by atoms with Crippen LogP contribution < -0.4 is 5.32 Å². The molecule has 94 valence electrons. The Morgan fingerprint density at radius 3 is 2.88 bits per heavy atom. The lowest BCUT2D eigenvalue weighted by Gasteiger charge is -2.19. The second-order valence-electron chi connectivity index (χ2n) is 4.59. The van der Waals surface area contributed by atoms with Crippen molar-refractivity contribution in [2.45, 2.75) is 38.0 Å². The van der Waals surface area contributed by atoms with Gasteiger partial charge in [0.05, 0.1) is 5.69 Å². The van der Waals surface area contributed by atoms with Gasteiger partial charge in [0, 0.05) is 19.0 Å². The number of hydrogen-bond acceptors (Lipinski definition) is 2. The minimum atomic E-state index is -0.190. The molecule has 1 amide bonds. The molecule has 4 nitrogen and oxygen atoms in total. The molecule has 1 aromatic heterocycles. The van der Waals surface area contributed by atoms with Crippen LogP contribution >= 0.6 is 11.6 Å². The Morgan fingerprint density at radius 2 is 2.24 bits per heavy atom. The molecular weight excluding hydrogens is 238 g/mol. The first-order chi connectivity index (χ1) is 8.20. The van der Waals surface area contributed by atoms with Crippen LogP contribution in [0.4, 0.5) is 5.82 Å². The first-order valence-corrected chi connectivity index (χ1v) is 6.64. The second kappa shape index (κ2) is 5.54. The Hall–Kier alpha value is -1.03. The van der Waals surface area contributed by atoms with E-state index in [9.17, 15) is 4.79 Å². The number of halogens is 1. The summed E-state index contributed by atoms with van der Waals surface area (Å²) in [4.78, 5) is 11.2. The lowest BCUT2D eigenvalue weighted by molar-refractivity contribution is -0.114. The van der Waals surface area contributed by atoms with Crippen molar-refractivity contribution < 1.29 is 4.79 Å². The molecule has 1 saturated carbocycles. The number of hydrogen-bond donors (Lipinski definition) is 1. The molecule has 0 bridgehead atoms. The largest absolute Gasteiger partial charge is 0.310 e. The lowest BCUT2D eigenvalue weighted by atomic mass is 9.87. The number of nitrogens with zero attached hydrogens (tertiary/aromatic N) is 2. The van der Waals surface area contributed by atoms with Crippen LogP contribution in [0.1, 0.15) is 43.7 Å². The summed E-state index contributed by atoms with van der Waals surface area (Å²) in [7, 11) is 1.84. The quantitative estimate of drug-likeness (QED) is 0.844. The van der Waals surface area contributed by atoms with E-state index in [2.05, 4.69) is 10.4 Å². The van der Waals surface area contributed by atoms with E-state index < -0.39 is 0 Å². The highest BCUT2D eigenvalue weighted by Gasteiger charge is 2.19. The van der Waals surface area contributed by atoms with Crippen LogP contribution in [0.5, 0.6) is 0 Å². The third kappa shape index (κ3) is 3.00. The Balaban J connectivity index is 2.09. The average Bonchev–Trinajstić information content (AvgIpc) is 2.72. The molecule has 17 heavy (non-hydrogen) atoms. The van der Waals surface area contributed by atoms with E-state index in [0.29, 0.717) is 5.92 Å². The molecule has 1 fully saturated rings. The van der Waals surface area contributed by atoms with Crippen molar-refractivity contribution in [1.29, 1.82) is 0 Å². The molecule has 5 heteroatoms. The van der Waals surface area contributed by atoms with Gasteiger partial charge in [-0.05, 0) is 12.8 Å². The van der Waals surface area contributed by atoms with E-state index in [1.165, 1.54) is 32.1 Å². The number of carbonyl (C=O) groups is 1. The van der Waals surface area contributed by atoms with Gasteiger partial charge in [-0.3, -0.25) is 9.48 Å². The zero-order valence-electron chi connectivity index (χ0n) is 10.1. The number of nitrogens with one attached hydrogen (secondary N) is 1. The molecule has 1 aliphatic rings. The zero-order valence-corrected chi connectivity index (χ0v) is 10.8. The van der Waals surface area contributed by atoms with Crippen LogP contribution in [0.3, 0.4) is 0 Å². The first kappa shape index (κ1) is 12.4. The maximum atomic E-state index is 11.2. The highest BCUT2D eigenvalue weighted by Crippen LogP contribution is 2.32. The smallest absolute Gasteiger partial charge is 0.240 e. The summed E-state index contributed by atoms with van der Waals surface area (Å²) in [5.41, 5.74) is 1.09. The summed E-state index contributed by atoms with van der Waals surface area (Å²) >= 11 is 5.47. The maximum absolute atomic E-state index is 11.2. The fourth-order valence-corrected chi connectivity index (χ4v) is 2.45. The van der Waals surface area contributed by atoms with E-state index in [-0.39, 0.29) is 11.8 Å². The normalized spacial score (nSPS) is 17.1. The van der Waals surface area contributed by atoms with Crippen molar-refractivity contribution in [2.75, 3.05) is 11.2 Å². The SMILES string of the molecule is Cn1nc(C2CCCCC2)cc1NC(=O)CCl. The van der Waals surface area contributed by atoms with Crippen molar-refractivity contribution in [3.8, 4) is 0 Å². The number of alkyl halides is 1. The maximum Gasteiger partial charge on any atom is 0.240 e. The molecule has 1 N–H and O–H groups in total. The third-order valence-corrected chi connectivity index (χ3v) is 3.55. The minimum Gasteiger partial charge on any atom is -0.310 e. The molecule has 0 aliphatic heterocycles. The van der Waals surface area contributed by atoms with Gasteiger partial charge in [-0.2, -0.15) is 5.10 Å². The molecule has 2 rings (SSSR count). The summed E-state index contributed by atoms with van der Waals surface area (Å²) < 4.78 is 1.72. The van der Waals surface area contributed by atoms with Crippen molar-refractivity contribution in [2.24, 2.45) is 7.05 Å². The molecular formula is C12H18ClN3O. The number of aryl methyl sites for hydroxylation is 1. The van der Waals surface area contributed by atoms with E-state index in [4.69, 9.17) is 11.6 Å². The predicted molar refractivity (Wildman–Crippen MR) is 68.4 cm³/mol. The minimum absolute atomic E-state index is 0.0239. The van der Waals surface area contributed by atoms with Gasteiger partial charge in [-0.1, -0.05) is 19.3 Å². The van der Waals surface area contributed by atoms with Gasteiger partial charge in [0.25, 0.3) is 0 Å². The van der Waals surface area contributed by atoms with E-state index in [0.717, 1.165) is 11.5 Å². The van der Waals surface area contributed by atoms with Gasteiger partial charge < -0.3 is 5.32 Å². The van der Waals surface area contributed by atoms with E-state index >= 15 is 0 Å². The second-order valence-corrected chi connectivity index (χ2v) is 4.86. The molecule has 0 radical (unpaired) electrons. The van der Waals surface area contributed by atoms with Gasteiger partial charge in [0.2, 0.25) is 5.91 Å². The van der Waals surface area contributed by atoms with Crippen molar-refractivity contribution >= 4 is 23.3 Å². The lowest BCUT2D eigenvalue weighted by Crippen LogP contribution is -2.15. The van der Waals surface area contributed by atoms with E-state index in [1.807, 2.05) is 13.1 Å². The number of anilines is 1. The summed E-state index contributed by atoms with van der Waals surface area (Å²) in [5, 5.41) is 7.23. The molecule has 0 unspecified atom stereocenters. The van der Waals surface area contributed by atoms with Crippen molar-refractivity contribution in [3.05, 3.63) is 11.8 Å². The van der Waals surface area contributed by atoms with Crippen molar-refractivity contribution in [1.82, 2.24) is 9.78 Å². The van der Waals surface area contributed by atoms with Gasteiger partial charge >= 0.3 is 0 Å². The molecule has 0 aromatic carbocycles. The number of amides is 1. The topological polar surface area (TPSA) is 46.9 Å². The number of rotatable bonds is 3. The summed E-state index contributed by atoms with van der Waals surface area (Å²) in [6.07, 6.45) is 6.31. The Kier molecular flexibility index (Phi) is 4.05. The first-order valence-electron chi connectivity index (χ1n) is 6.10. The standard InChI is InChI=1S/C12H18ClN3O/c1-16-11(14-12(17)8-13)7-10(15-16)9-5-3-2-4-6-9/h7,9H,2-6,8H2,1H3,(H,14,17). The van der Waals surface area contributed by atoms with Gasteiger partial charge in [0.15, 0.2) is 0 Å². The zero-order chi connectivity index (χ0) is 12.3. The van der Waals surface area contributed by atoms with Crippen LogP contribution in [0.25, 0.3) is 0 Å². The Morgan fingerprint density at radius 1 is 1.53 bits per heavy atom. The molecule has 1 aliphatic carbocycles. The molecule has 1 aromatic rings. The molecule has 0 spiro atoms. The molecule has 1 heterocycles. The summed E-state index contributed by atoms with van der Waals surface area (Å²) in [6, 6.07) is 1.97. The fraction of sp³-hybridized carbons (Fsp3) is 0.667. The van der Waals surface area contributed by atoms with Crippen molar-refractivity contribution in [3.63, 3.8) is 0 Å². The summed E-state index contributed by atoms with van der Waals surface area (Å²) in [5.74, 6) is 1.07. The van der Waals surface area contributed by atoms with E-state index in [1.54, 1.807) is 4.68 Å². The molecule has 0 saturated heterocycles. The molecule has 0 atom stereocenters. The van der Waals surface area contributed by atoms with Crippen LogP contribution in [0.2, 0.25) is 0 Å². The Bertz CT molecular complexity index is 396. The highest BCUT2D eigenvalue weighted by atomic mass is 35.5. The highest BCUT2D eigenvalue weighted by molar-refractivity contribution is 6.29. The van der Waals surface area contributed by atoms with Crippen LogP contribution in [-0.4, -0.2) is 21.6 Å². The van der Waals surface area contributed by atoms with Gasteiger partial charge in [-0.25, -0.2) is 0 Å². The fourth-order valence-electron chi connectivity index (χ4n) is 2.38. The van der Waals surface area contributed by atoms with Crippen LogP contribution in [0.15, 0.2) is 6.07 Å². The van der Waals surface area contributed by atoms with Gasteiger partial charge in [-0.15, -0.1) is 11.6 Å². The Labute approximate surface area is 106 Å². The number of aromatic nitrogens is 2. The number of carbonyl (C=O) groups excluding carboxylic acids is 1.